The fourth-order valence-electron chi connectivity index (χ4n) is 1.84. The third-order valence-corrected chi connectivity index (χ3v) is 2.57. The number of rotatable bonds is 3. The van der Waals surface area contributed by atoms with Crippen LogP contribution in [0.4, 0.5) is 8.78 Å². The minimum atomic E-state index is -0.290. The van der Waals surface area contributed by atoms with E-state index in [0.717, 1.165) is 16.7 Å². The first-order valence-electron chi connectivity index (χ1n) is 5.39. The van der Waals surface area contributed by atoms with Gasteiger partial charge in [-0.05, 0) is 48.0 Å². The quantitative estimate of drug-likeness (QED) is 0.857. The Labute approximate surface area is 99.1 Å². The van der Waals surface area contributed by atoms with Gasteiger partial charge in [0.05, 0.1) is 0 Å². The Bertz CT molecular complexity index is 523. The predicted octanol–water partition coefficient (Wildman–Crippen LogP) is 3.35. The highest BCUT2D eigenvalue weighted by Gasteiger charge is 2.06. The molecular formula is C14H13F2N. The van der Waals surface area contributed by atoms with Gasteiger partial charge >= 0.3 is 0 Å². The Hall–Kier alpha value is -1.74. The Kier molecular flexibility index (Phi) is 3.49. The second-order valence-corrected chi connectivity index (χ2v) is 3.84. The maximum absolute atomic E-state index is 13.2. The van der Waals surface area contributed by atoms with Crippen molar-refractivity contribution in [3.63, 3.8) is 0 Å². The molecule has 3 heteroatoms. The predicted molar refractivity (Wildman–Crippen MR) is 64.6 cm³/mol. The van der Waals surface area contributed by atoms with Crippen molar-refractivity contribution in [2.75, 3.05) is 7.05 Å². The highest BCUT2D eigenvalue weighted by Crippen LogP contribution is 2.25. The minimum Gasteiger partial charge on any atom is -0.316 e. The fourth-order valence-corrected chi connectivity index (χ4v) is 1.84. The lowest BCUT2D eigenvalue weighted by molar-refractivity contribution is 0.624. The lowest BCUT2D eigenvalue weighted by Crippen LogP contribution is -2.06. The SMILES string of the molecule is CNCc1cc(F)ccc1-c1cccc(F)c1. The summed E-state index contributed by atoms with van der Waals surface area (Å²) >= 11 is 0. The zero-order valence-corrected chi connectivity index (χ0v) is 9.50. The van der Waals surface area contributed by atoms with Crippen LogP contribution in [0.25, 0.3) is 11.1 Å². The molecule has 17 heavy (non-hydrogen) atoms. The summed E-state index contributed by atoms with van der Waals surface area (Å²) in [4.78, 5) is 0. The normalized spacial score (nSPS) is 10.5. The van der Waals surface area contributed by atoms with E-state index < -0.39 is 0 Å². The molecule has 1 nitrogen and oxygen atoms in total. The van der Waals surface area contributed by atoms with Crippen molar-refractivity contribution in [1.29, 1.82) is 0 Å². The highest BCUT2D eigenvalue weighted by molar-refractivity contribution is 5.67. The van der Waals surface area contributed by atoms with Crippen molar-refractivity contribution in [3.8, 4) is 11.1 Å². The van der Waals surface area contributed by atoms with Crippen LogP contribution in [0.1, 0.15) is 5.56 Å². The first kappa shape index (κ1) is 11.7. The van der Waals surface area contributed by atoms with Crippen LogP contribution in [0.2, 0.25) is 0 Å². The second-order valence-electron chi connectivity index (χ2n) is 3.84. The van der Waals surface area contributed by atoms with Crippen LogP contribution in [0, 0.1) is 11.6 Å². The van der Waals surface area contributed by atoms with Gasteiger partial charge in [0, 0.05) is 6.54 Å². The molecule has 0 atom stereocenters. The second kappa shape index (κ2) is 5.06. The smallest absolute Gasteiger partial charge is 0.123 e. The Morgan fingerprint density at radius 2 is 1.76 bits per heavy atom. The molecule has 0 saturated heterocycles. The number of hydrogen-bond donors (Lipinski definition) is 1. The third-order valence-electron chi connectivity index (χ3n) is 2.57. The van der Waals surface area contributed by atoms with E-state index in [2.05, 4.69) is 5.32 Å². The Morgan fingerprint density at radius 1 is 1.00 bits per heavy atom. The highest BCUT2D eigenvalue weighted by atomic mass is 19.1. The number of benzene rings is 2. The van der Waals surface area contributed by atoms with Gasteiger partial charge in [0.2, 0.25) is 0 Å². The fraction of sp³-hybridized carbons (Fsp3) is 0.143. The van der Waals surface area contributed by atoms with Crippen LogP contribution < -0.4 is 5.32 Å². The average Bonchev–Trinajstić information content (AvgIpc) is 2.29. The lowest BCUT2D eigenvalue weighted by Gasteiger charge is -2.09. The molecule has 0 amide bonds. The largest absolute Gasteiger partial charge is 0.316 e. The van der Waals surface area contributed by atoms with Crippen molar-refractivity contribution in [2.45, 2.75) is 6.54 Å². The number of nitrogens with one attached hydrogen (secondary N) is 1. The van der Waals surface area contributed by atoms with Crippen LogP contribution in [0.5, 0.6) is 0 Å². The molecule has 2 aromatic carbocycles. The van der Waals surface area contributed by atoms with Crippen molar-refractivity contribution in [3.05, 3.63) is 59.7 Å². The first-order chi connectivity index (χ1) is 8.20. The van der Waals surface area contributed by atoms with Gasteiger partial charge in [-0.15, -0.1) is 0 Å². The molecule has 0 aliphatic heterocycles. The monoisotopic (exact) mass is 233 g/mol. The molecular weight excluding hydrogens is 220 g/mol. The molecule has 0 aromatic heterocycles. The molecule has 1 N–H and O–H groups in total. The summed E-state index contributed by atoms with van der Waals surface area (Å²) < 4.78 is 26.3. The summed E-state index contributed by atoms with van der Waals surface area (Å²) in [5, 5.41) is 2.98. The van der Waals surface area contributed by atoms with E-state index in [1.807, 2.05) is 6.07 Å². The molecule has 88 valence electrons. The lowest BCUT2D eigenvalue weighted by atomic mass is 9.99. The molecule has 2 rings (SSSR count). The molecule has 2 aromatic rings. The van der Waals surface area contributed by atoms with Gasteiger partial charge in [0.25, 0.3) is 0 Å². The van der Waals surface area contributed by atoms with Gasteiger partial charge in [-0.1, -0.05) is 18.2 Å². The van der Waals surface area contributed by atoms with Crippen LogP contribution >= 0.6 is 0 Å². The molecule has 0 spiro atoms. The number of halogens is 2. The molecule has 0 unspecified atom stereocenters. The van der Waals surface area contributed by atoms with Crippen LogP contribution in [-0.4, -0.2) is 7.05 Å². The minimum absolute atomic E-state index is 0.282. The zero-order chi connectivity index (χ0) is 12.3. The molecule has 0 heterocycles. The van der Waals surface area contributed by atoms with E-state index in [9.17, 15) is 8.78 Å². The zero-order valence-electron chi connectivity index (χ0n) is 9.50. The van der Waals surface area contributed by atoms with E-state index in [-0.39, 0.29) is 11.6 Å². The summed E-state index contributed by atoms with van der Waals surface area (Å²) in [5.74, 6) is -0.572. The van der Waals surface area contributed by atoms with Crippen LogP contribution in [0.15, 0.2) is 42.5 Å². The van der Waals surface area contributed by atoms with Crippen LogP contribution in [0.3, 0.4) is 0 Å². The molecule has 0 aliphatic carbocycles. The molecule has 0 radical (unpaired) electrons. The van der Waals surface area contributed by atoms with Crippen molar-refractivity contribution in [1.82, 2.24) is 5.32 Å². The summed E-state index contributed by atoms with van der Waals surface area (Å²) in [7, 11) is 1.79. The molecule has 0 saturated carbocycles. The van der Waals surface area contributed by atoms with Gasteiger partial charge < -0.3 is 5.32 Å². The molecule has 0 aliphatic rings. The maximum Gasteiger partial charge on any atom is 0.123 e. The van der Waals surface area contributed by atoms with Gasteiger partial charge in [0.15, 0.2) is 0 Å². The van der Waals surface area contributed by atoms with E-state index in [4.69, 9.17) is 0 Å². The average molecular weight is 233 g/mol. The number of hydrogen-bond acceptors (Lipinski definition) is 1. The van der Waals surface area contributed by atoms with Crippen molar-refractivity contribution in [2.24, 2.45) is 0 Å². The van der Waals surface area contributed by atoms with Gasteiger partial charge in [-0.2, -0.15) is 0 Å². The summed E-state index contributed by atoms with van der Waals surface area (Å²) in [6, 6.07) is 10.8. The molecule has 0 fully saturated rings. The van der Waals surface area contributed by atoms with E-state index in [0.29, 0.717) is 6.54 Å². The Morgan fingerprint density at radius 3 is 2.47 bits per heavy atom. The van der Waals surface area contributed by atoms with Gasteiger partial charge in [-0.25, -0.2) is 8.78 Å². The first-order valence-corrected chi connectivity index (χ1v) is 5.39. The Balaban J connectivity index is 2.50. The van der Waals surface area contributed by atoms with Crippen molar-refractivity contribution < 1.29 is 8.78 Å². The van der Waals surface area contributed by atoms with E-state index in [1.165, 1.54) is 24.3 Å². The van der Waals surface area contributed by atoms with Crippen molar-refractivity contribution >= 4 is 0 Å². The van der Waals surface area contributed by atoms with Gasteiger partial charge in [-0.3, -0.25) is 0 Å². The topological polar surface area (TPSA) is 12.0 Å². The molecule has 0 bridgehead atoms. The summed E-state index contributed by atoms with van der Waals surface area (Å²) in [5.41, 5.74) is 2.42. The summed E-state index contributed by atoms with van der Waals surface area (Å²) in [6.07, 6.45) is 0. The standard InChI is InChI=1S/C14H13F2N/c1-17-9-11-8-13(16)5-6-14(11)10-3-2-4-12(15)7-10/h2-8,17H,9H2,1H3. The van der Waals surface area contributed by atoms with E-state index in [1.54, 1.807) is 19.2 Å². The third kappa shape index (κ3) is 2.68. The van der Waals surface area contributed by atoms with Crippen LogP contribution in [-0.2, 0) is 6.54 Å². The summed E-state index contributed by atoms with van der Waals surface area (Å²) in [6.45, 7) is 0.545. The van der Waals surface area contributed by atoms with E-state index >= 15 is 0 Å². The maximum atomic E-state index is 13.2. The van der Waals surface area contributed by atoms with Gasteiger partial charge in [0.1, 0.15) is 11.6 Å².